The zero-order valence-corrected chi connectivity index (χ0v) is 7.64. The molecule has 0 saturated carbocycles. The molecule has 0 saturated heterocycles. The van der Waals surface area contributed by atoms with Gasteiger partial charge in [-0.2, -0.15) is 0 Å². The maximum Gasteiger partial charge on any atom is 0.339 e. The summed E-state index contributed by atoms with van der Waals surface area (Å²) in [6.45, 7) is 1.93. The first-order chi connectivity index (χ1) is 6.52. The van der Waals surface area contributed by atoms with E-state index in [2.05, 4.69) is 0 Å². The number of phenolic OH excluding ortho intramolecular Hbond substituents is 1. The van der Waals surface area contributed by atoms with E-state index in [1.54, 1.807) is 6.92 Å². The number of carbonyl (C=O) groups is 1. The van der Waals surface area contributed by atoms with Gasteiger partial charge in [0.25, 0.3) is 0 Å². The highest BCUT2D eigenvalue weighted by Gasteiger charge is 2.08. The number of carboxylic acids is 1. The van der Waals surface area contributed by atoms with Gasteiger partial charge in [-0.05, 0) is 25.1 Å². The van der Waals surface area contributed by atoms with Crippen molar-refractivity contribution in [1.82, 2.24) is 0 Å². The third-order valence-electron chi connectivity index (χ3n) is 1.21. The lowest BCUT2D eigenvalue weighted by molar-refractivity contribution is 0.0693. The molecule has 1 rings (SSSR count). The lowest BCUT2D eigenvalue weighted by Gasteiger charge is -1.98. The van der Waals surface area contributed by atoms with Crippen LogP contribution in [0, 0.1) is 0 Å². The lowest BCUT2D eigenvalue weighted by atomic mass is 10.2. The van der Waals surface area contributed by atoms with Crippen LogP contribution in [0.2, 0.25) is 0 Å². The van der Waals surface area contributed by atoms with Gasteiger partial charge in [0.15, 0.2) is 0 Å². The predicted molar refractivity (Wildman–Crippen MR) is 49.5 cm³/mol. The van der Waals surface area contributed by atoms with E-state index in [9.17, 15) is 4.79 Å². The standard InChI is InChI=1S/C7H6O4.C2H6O/c8-4-1-2-6(9)5(3-4)7(10)11;1-2-3/h1-3,8-9H,(H,10,11);3H,2H2,1H3. The average molecular weight is 200 g/mol. The number of aliphatic hydroxyl groups is 1. The molecule has 4 N–H and O–H groups in total. The number of rotatable bonds is 1. The van der Waals surface area contributed by atoms with Gasteiger partial charge < -0.3 is 20.4 Å². The molecule has 0 aliphatic heterocycles. The highest BCUT2D eigenvalue weighted by Crippen LogP contribution is 2.21. The number of hydrogen-bond donors (Lipinski definition) is 4. The Kier molecular flexibility index (Phi) is 5.09. The zero-order valence-electron chi connectivity index (χ0n) is 7.64. The van der Waals surface area contributed by atoms with Crippen molar-refractivity contribution in [3.8, 4) is 11.5 Å². The SMILES string of the molecule is CCO.O=C(O)c1cc(O)ccc1O. The van der Waals surface area contributed by atoms with Gasteiger partial charge in [0.05, 0.1) is 0 Å². The van der Waals surface area contributed by atoms with Crippen molar-refractivity contribution in [2.24, 2.45) is 0 Å². The van der Waals surface area contributed by atoms with Crippen molar-refractivity contribution in [2.45, 2.75) is 6.92 Å². The van der Waals surface area contributed by atoms with Crippen molar-refractivity contribution < 1.29 is 25.2 Å². The molecule has 0 aromatic heterocycles. The molecule has 0 aliphatic carbocycles. The fourth-order valence-electron chi connectivity index (χ4n) is 0.695. The van der Waals surface area contributed by atoms with Crippen LogP contribution in [0.15, 0.2) is 18.2 Å². The smallest absolute Gasteiger partial charge is 0.339 e. The molecule has 0 bridgehead atoms. The first-order valence-corrected chi connectivity index (χ1v) is 3.89. The number of aromatic hydroxyl groups is 2. The number of phenols is 2. The van der Waals surface area contributed by atoms with Gasteiger partial charge in [0.1, 0.15) is 17.1 Å². The van der Waals surface area contributed by atoms with Crippen LogP contribution in [0.5, 0.6) is 11.5 Å². The largest absolute Gasteiger partial charge is 0.508 e. The molecular formula is C9H12O5. The maximum absolute atomic E-state index is 10.3. The summed E-state index contributed by atoms with van der Waals surface area (Å²) >= 11 is 0. The van der Waals surface area contributed by atoms with Crippen LogP contribution in [0.1, 0.15) is 17.3 Å². The molecule has 5 nitrogen and oxygen atoms in total. The molecule has 0 aliphatic rings. The van der Waals surface area contributed by atoms with E-state index in [1.165, 1.54) is 6.07 Å². The molecular weight excluding hydrogens is 188 g/mol. The van der Waals surface area contributed by atoms with Crippen LogP contribution < -0.4 is 0 Å². The van der Waals surface area contributed by atoms with E-state index < -0.39 is 5.97 Å². The second-order valence-electron chi connectivity index (χ2n) is 2.32. The third kappa shape index (κ3) is 3.77. The van der Waals surface area contributed by atoms with Crippen LogP contribution in [-0.2, 0) is 0 Å². The fraction of sp³-hybridized carbons (Fsp3) is 0.222. The summed E-state index contributed by atoms with van der Waals surface area (Å²) < 4.78 is 0. The van der Waals surface area contributed by atoms with Gasteiger partial charge in [-0.3, -0.25) is 0 Å². The molecule has 14 heavy (non-hydrogen) atoms. The Morgan fingerprint density at radius 1 is 1.36 bits per heavy atom. The van der Waals surface area contributed by atoms with Crippen molar-refractivity contribution >= 4 is 5.97 Å². The molecule has 0 spiro atoms. The van der Waals surface area contributed by atoms with Crippen LogP contribution in [-0.4, -0.2) is 33.0 Å². The van der Waals surface area contributed by atoms with E-state index in [-0.39, 0.29) is 23.7 Å². The Bertz CT molecular complexity index is 308. The van der Waals surface area contributed by atoms with Gasteiger partial charge in [-0.25, -0.2) is 4.79 Å². The minimum Gasteiger partial charge on any atom is -0.508 e. The summed E-state index contributed by atoms with van der Waals surface area (Å²) in [6.07, 6.45) is 0. The second kappa shape index (κ2) is 5.82. The Labute approximate surface area is 80.9 Å². The van der Waals surface area contributed by atoms with E-state index in [1.807, 2.05) is 0 Å². The van der Waals surface area contributed by atoms with E-state index >= 15 is 0 Å². The Morgan fingerprint density at radius 2 is 1.86 bits per heavy atom. The molecule has 0 unspecified atom stereocenters. The minimum atomic E-state index is -1.27. The summed E-state index contributed by atoms with van der Waals surface area (Å²) in [5, 5.41) is 33.7. The van der Waals surface area contributed by atoms with Crippen LogP contribution >= 0.6 is 0 Å². The summed E-state index contributed by atoms with van der Waals surface area (Å²) in [7, 11) is 0. The third-order valence-corrected chi connectivity index (χ3v) is 1.21. The molecule has 1 aromatic carbocycles. The van der Waals surface area contributed by atoms with Crippen molar-refractivity contribution in [2.75, 3.05) is 6.61 Å². The van der Waals surface area contributed by atoms with E-state index in [0.717, 1.165) is 12.1 Å². The summed E-state index contributed by atoms with van der Waals surface area (Å²) in [6, 6.07) is 3.32. The zero-order chi connectivity index (χ0) is 11.1. The fourth-order valence-corrected chi connectivity index (χ4v) is 0.695. The Balaban J connectivity index is 0.000000500. The minimum absolute atomic E-state index is 0.180. The number of aliphatic hydroxyl groups excluding tert-OH is 1. The predicted octanol–water partition coefficient (Wildman–Crippen LogP) is 0.795. The molecule has 0 radical (unpaired) electrons. The first-order valence-electron chi connectivity index (χ1n) is 3.89. The van der Waals surface area contributed by atoms with E-state index in [4.69, 9.17) is 20.4 Å². The normalized spacial score (nSPS) is 8.71. The summed E-state index contributed by atoms with van der Waals surface area (Å²) in [4.78, 5) is 10.3. The Hall–Kier alpha value is -1.75. The van der Waals surface area contributed by atoms with Crippen LogP contribution in [0.25, 0.3) is 0 Å². The van der Waals surface area contributed by atoms with Gasteiger partial charge in [0.2, 0.25) is 0 Å². The van der Waals surface area contributed by atoms with Crippen molar-refractivity contribution in [3.05, 3.63) is 23.8 Å². The molecule has 78 valence electrons. The van der Waals surface area contributed by atoms with Crippen LogP contribution in [0.3, 0.4) is 0 Å². The van der Waals surface area contributed by atoms with Gasteiger partial charge in [0, 0.05) is 6.61 Å². The summed E-state index contributed by atoms with van der Waals surface area (Å²) in [5.74, 6) is -1.80. The first kappa shape index (κ1) is 12.2. The molecule has 0 amide bonds. The maximum atomic E-state index is 10.3. The average Bonchev–Trinajstić information content (AvgIpc) is 2.10. The number of benzene rings is 1. The molecule has 0 atom stereocenters. The second-order valence-corrected chi connectivity index (χ2v) is 2.32. The van der Waals surface area contributed by atoms with Gasteiger partial charge in [-0.1, -0.05) is 0 Å². The van der Waals surface area contributed by atoms with Crippen molar-refractivity contribution in [3.63, 3.8) is 0 Å². The number of aromatic carboxylic acids is 1. The number of hydrogen-bond acceptors (Lipinski definition) is 4. The lowest BCUT2D eigenvalue weighted by Crippen LogP contribution is -1.95. The molecule has 0 fully saturated rings. The topological polar surface area (TPSA) is 98.0 Å². The molecule has 1 aromatic rings. The van der Waals surface area contributed by atoms with E-state index in [0.29, 0.717) is 0 Å². The molecule has 5 heteroatoms. The summed E-state index contributed by atoms with van der Waals surface area (Å²) in [5.41, 5.74) is -0.301. The van der Waals surface area contributed by atoms with Crippen molar-refractivity contribution in [1.29, 1.82) is 0 Å². The highest BCUT2D eigenvalue weighted by molar-refractivity contribution is 5.91. The Morgan fingerprint density at radius 3 is 2.21 bits per heavy atom. The molecule has 0 heterocycles. The van der Waals surface area contributed by atoms with Gasteiger partial charge in [-0.15, -0.1) is 0 Å². The number of carboxylic acid groups (broad SMARTS) is 1. The van der Waals surface area contributed by atoms with Crippen LogP contribution in [0.4, 0.5) is 0 Å². The van der Waals surface area contributed by atoms with Gasteiger partial charge >= 0.3 is 5.97 Å². The monoisotopic (exact) mass is 200 g/mol. The quantitative estimate of drug-likeness (QED) is 0.502. The highest BCUT2D eigenvalue weighted by atomic mass is 16.4.